The second kappa shape index (κ2) is 7.11. The molecule has 7 heteroatoms. The molecule has 0 radical (unpaired) electrons. The predicted molar refractivity (Wildman–Crippen MR) is 73.4 cm³/mol. The Balaban J connectivity index is 2.62. The van der Waals surface area contributed by atoms with Crippen LogP contribution in [0.4, 0.5) is 5.82 Å². The number of nitrogens with one attached hydrogen (secondary N) is 1. The van der Waals surface area contributed by atoms with Crippen LogP contribution in [0.15, 0.2) is 18.2 Å². The van der Waals surface area contributed by atoms with Gasteiger partial charge in [0.1, 0.15) is 0 Å². The van der Waals surface area contributed by atoms with E-state index in [0.717, 1.165) is 0 Å². The van der Waals surface area contributed by atoms with Gasteiger partial charge in [-0.25, -0.2) is 9.78 Å². The lowest BCUT2D eigenvalue weighted by molar-refractivity contribution is -0.142. The first-order chi connectivity index (χ1) is 8.93. The number of esters is 1. The Morgan fingerprint density at radius 1 is 1.42 bits per heavy atom. The molecule has 0 fully saturated rings. The maximum Gasteiger partial charge on any atom is 0.330 e. The number of carbonyl (C=O) groups excluding carboxylic acids is 2. The molecule has 0 saturated carbocycles. The zero-order chi connectivity index (χ0) is 14.4. The van der Waals surface area contributed by atoms with Crippen molar-refractivity contribution < 1.29 is 14.3 Å². The van der Waals surface area contributed by atoms with Crippen molar-refractivity contribution in [1.29, 1.82) is 0 Å². The van der Waals surface area contributed by atoms with Crippen LogP contribution < -0.4 is 5.32 Å². The smallest absolute Gasteiger partial charge is 0.330 e. The normalized spacial score (nSPS) is 10.5. The molecule has 1 rings (SSSR count). The Morgan fingerprint density at radius 3 is 2.74 bits per heavy atom. The topological polar surface area (TPSA) is 68.3 Å². The fourth-order valence-electron chi connectivity index (χ4n) is 1.14. The van der Waals surface area contributed by atoms with Gasteiger partial charge in [0.05, 0.1) is 15.7 Å². The number of anilines is 1. The van der Waals surface area contributed by atoms with E-state index in [0.29, 0.717) is 10.7 Å². The van der Waals surface area contributed by atoms with Crippen LogP contribution in [0.25, 0.3) is 0 Å². The van der Waals surface area contributed by atoms with Crippen LogP contribution in [0.2, 0.25) is 10.0 Å². The lowest BCUT2D eigenvalue weighted by Crippen LogP contribution is -2.21. The Labute approximate surface area is 120 Å². The Hall–Kier alpha value is -1.59. The van der Waals surface area contributed by atoms with Gasteiger partial charge in [-0.2, -0.15) is 0 Å². The molecule has 0 atom stereocenters. The van der Waals surface area contributed by atoms with Crippen LogP contribution in [0.5, 0.6) is 0 Å². The number of rotatable bonds is 4. The zero-order valence-corrected chi connectivity index (χ0v) is 11.9. The number of allylic oxidation sites excluding steroid dienone is 1. The lowest BCUT2D eigenvalue weighted by Gasteiger charge is -2.08. The number of pyridine rings is 1. The molecule has 0 aliphatic heterocycles. The molecule has 19 heavy (non-hydrogen) atoms. The minimum Gasteiger partial charge on any atom is -0.452 e. The highest BCUT2D eigenvalue weighted by Crippen LogP contribution is 2.25. The molecule has 0 bridgehead atoms. The molecular formula is C12H12Cl2N2O3. The highest BCUT2D eigenvalue weighted by molar-refractivity contribution is 6.36. The van der Waals surface area contributed by atoms with Crippen LogP contribution >= 0.6 is 23.2 Å². The number of amides is 1. The number of hydrogen-bond acceptors (Lipinski definition) is 4. The van der Waals surface area contributed by atoms with Gasteiger partial charge in [0.15, 0.2) is 12.4 Å². The predicted octanol–water partition coefficient (Wildman–Crippen LogP) is 2.75. The molecule has 1 aromatic rings. The fraction of sp³-hybridized carbons (Fsp3) is 0.250. The van der Waals surface area contributed by atoms with Crippen LogP contribution in [0.1, 0.15) is 12.6 Å². The maximum atomic E-state index is 11.5. The summed E-state index contributed by atoms with van der Waals surface area (Å²) in [5, 5.41) is 3.05. The van der Waals surface area contributed by atoms with Crippen molar-refractivity contribution in [2.75, 3.05) is 11.9 Å². The number of hydrogen-bond donors (Lipinski definition) is 1. The van der Waals surface area contributed by atoms with Crippen LogP contribution in [0.3, 0.4) is 0 Å². The monoisotopic (exact) mass is 302 g/mol. The molecule has 5 nitrogen and oxygen atoms in total. The molecular weight excluding hydrogens is 291 g/mol. The molecule has 102 valence electrons. The van der Waals surface area contributed by atoms with E-state index in [1.807, 2.05) is 0 Å². The molecule has 0 spiro atoms. The van der Waals surface area contributed by atoms with E-state index < -0.39 is 18.5 Å². The SMILES string of the molecule is CC=CC(=O)OCC(=O)Nc1nc(C)c(Cl)cc1Cl. The molecule has 0 unspecified atom stereocenters. The van der Waals surface area contributed by atoms with E-state index in [2.05, 4.69) is 15.0 Å². The quantitative estimate of drug-likeness (QED) is 0.686. The first-order valence-electron chi connectivity index (χ1n) is 5.36. The second-order valence-electron chi connectivity index (χ2n) is 3.54. The Kier molecular flexibility index (Phi) is 5.79. The number of carbonyl (C=O) groups is 2. The van der Waals surface area contributed by atoms with Crippen molar-refractivity contribution >= 4 is 40.9 Å². The molecule has 0 aromatic carbocycles. The second-order valence-corrected chi connectivity index (χ2v) is 4.36. The van der Waals surface area contributed by atoms with E-state index >= 15 is 0 Å². The summed E-state index contributed by atoms with van der Waals surface area (Å²) in [5.74, 6) is -0.950. The maximum absolute atomic E-state index is 11.5. The Bertz CT molecular complexity index is 530. The average Bonchev–Trinajstić information content (AvgIpc) is 2.34. The van der Waals surface area contributed by atoms with Gasteiger partial charge in [-0.1, -0.05) is 29.3 Å². The molecule has 1 heterocycles. The van der Waals surface area contributed by atoms with E-state index in [1.165, 1.54) is 18.2 Å². The highest BCUT2D eigenvalue weighted by atomic mass is 35.5. The van der Waals surface area contributed by atoms with Gasteiger partial charge in [-0.05, 0) is 19.9 Å². The summed E-state index contributed by atoms with van der Waals surface area (Å²) in [7, 11) is 0. The summed E-state index contributed by atoms with van der Waals surface area (Å²) >= 11 is 11.7. The van der Waals surface area contributed by atoms with E-state index in [-0.39, 0.29) is 10.8 Å². The highest BCUT2D eigenvalue weighted by Gasteiger charge is 2.11. The van der Waals surface area contributed by atoms with E-state index in [9.17, 15) is 9.59 Å². The molecule has 0 aliphatic rings. The number of aryl methyl sites for hydroxylation is 1. The third kappa shape index (κ3) is 4.89. The average molecular weight is 303 g/mol. The minimum atomic E-state index is -0.594. The summed E-state index contributed by atoms with van der Waals surface area (Å²) < 4.78 is 4.68. The summed E-state index contributed by atoms with van der Waals surface area (Å²) in [6.45, 7) is 2.94. The van der Waals surface area contributed by atoms with Crippen molar-refractivity contribution in [2.45, 2.75) is 13.8 Å². The van der Waals surface area contributed by atoms with Crippen LogP contribution in [0, 0.1) is 6.92 Å². The van der Waals surface area contributed by atoms with Crippen molar-refractivity contribution in [3.05, 3.63) is 34.0 Å². The molecule has 0 saturated heterocycles. The molecule has 1 N–H and O–H groups in total. The van der Waals surface area contributed by atoms with Crippen molar-refractivity contribution in [2.24, 2.45) is 0 Å². The molecule has 0 aliphatic carbocycles. The Morgan fingerprint density at radius 2 is 2.11 bits per heavy atom. The van der Waals surface area contributed by atoms with Crippen molar-refractivity contribution in [1.82, 2.24) is 4.98 Å². The van der Waals surface area contributed by atoms with Gasteiger partial charge in [0.25, 0.3) is 5.91 Å². The zero-order valence-electron chi connectivity index (χ0n) is 10.4. The third-order valence-electron chi connectivity index (χ3n) is 2.01. The van der Waals surface area contributed by atoms with Gasteiger partial charge >= 0.3 is 5.97 Å². The molecule has 1 amide bonds. The summed E-state index contributed by atoms with van der Waals surface area (Å²) in [5.41, 5.74) is 0.535. The van der Waals surface area contributed by atoms with Gasteiger partial charge in [-0.15, -0.1) is 0 Å². The van der Waals surface area contributed by atoms with Gasteiger partial charge in [0, 0.05) is 6.08 Å². The number of aromatic nitrogens is 1. The first kappa shape index (κ1) is 15.5. The fourth-order valence-corrected chi connectivity index (χ4v) is 1.54. The van der Waals surface area contributed by atoms with Crippen LogP contribution in [-0.2, 0) is 14.3 Å². The summed E-state index contributed by atoms with van der Waals surface area (Å²) in [6.07, 6.45) is 2.73. The number of ether oxygens (including phenoxy) is 1. The minimum absolute atomic E-state index is 0.177. The van der Waals surface area contributed by atoms with Crippen molar-refractivity contribution in [3.63, 3.8) is 0 Å². The largest absolute Gasteiger partial charge is 0.452 e. The van der Waals surface area contributed by atoms with E-state index in [4.69, 9.17) is 23.2 Å². The number of nitrogens with zero attached hydrogens (tertiary/aromatic N) is 1. The lowest BCUT2D eigenvalue weighted by atomic mass is 10.3. The van der Waals surface area contributed by atoms with Gasteiger partial charge < -0.3 is 10.1 Å². The van der Waals surface area contributed by atoms with Crippen molar-refractivity contribution in [3.8, 4) is 0 Å². The van der Waals surface area contributed by atoms with Gasteiger partial charge in [-0.3, -0.25) is 4.79 Å². The summed E-state index contributed by atoms with van der Waals surface area (Å²) in [6, 6.07) is 1.48. The van der Waals surface area contributed by atoms with Crippen LogP contribution in [-0.4, -0.2) is 23.5 Å². The van der Waals surface area contributed by atoms with E-state index in [1.54, 1.807) is 13.8 Å². The summed E-state index contributed by atoms with van der Waals surface area (Å²) in [4.78, 5) is 26.6. The third-order valence-corrected chi connectivity index (χ3v) is 2.68. The van der Waals surface area contributed by atoms with Gasteiger partial charge in [0.2, 0.25) is 0 Å². The standard InChI is InChI=1S/C12H12Cl2N2O3/c1-3-4-11(18)19-6-10(17)16-12-9(14)5-8(13)7(2)15-12/h3-5H,6H2,1-2H3,(H,15,16,17). The molecule has 1 aromatic heterocycles. The number of halogens is 2. The first-order valence-corrected chi connectivity index (χ1v) is 6.11.